The molecule has 0 bridgehead atoms. The molecule has 0 saturated carbocycles. The summed E-state index contributed by atoms with van der Waals surface area (Å²) in [5.41, 5.74) is 0. The fourth-order valence-electron chi connectivity index (χ4n) is 1.85. The Balaban J connectivity index is 3.96. The maximum atomic E-state index is 5.22. The molecule has 0 aromatic heterocycles. The highest BCUT2D eigenvalue weighted by Gasteiger charge is 2.15. The van der Waals surface area contributed by atoms with Crippen LogP contribution in [-0.4, -0.2) is 25.8 Å². The molecule has 0 aromatic rings. The Hall–Kier alpha value is -0.0800. The molecule has 86 valence electrons. The van der Waals surface area contributed by atoms with Gasteiger partial charge in [0, 0.05) is 19.2 Å². The smallest absolute Gasteiger partial charge is 0.0615 e. The standard InChI is InChI=1S/C12H27NO/c1-6-8-11(9-14-5)13-12(7-2)10(3)4/h10-13H,6-9H2,1-5H3. The number of nitrogens with one attached hydrogen (secondary N) is 1. The van der Waals surface area contributed by atoms with Gasteiger partial charge in [-0.15, -0.1) is 0 Å². The van der Waals surface area contributed by atoms with Gasteiger partial charge in [-0.05, 0) is 18.8 Å². The number of ether oxygens (including phenoxy) is 1. The van der Waals surface area contributed by atoms with Crippen LogP contribution in [0.5, 0.6) is 0 Å². The van der Waals surface area contributed by atoms with Crippen molar-refractivity contribution < 1.29 is 4.74 Å². The van der Waals surface area contributed by atoms with Gasteiger partial charge in [0.1, 0.15) is 0 Å². The first-order valence-electron chi connectivity index (χ1n) is 5.90. The molecule has 2 heteroatoms. The number of hydrogen-bond acceptors (Lipinski definition) is 2. The number of rotatable bonds is 8. The molecule has 0 aromatic carbocycles. The van der Waals surface area contributed by atoms with E-state index in [2.05, 4.69) is 33.0 Å². The molecule has 0 heterocycles. The molecule has 0 aliphatic carbocycles. The van der Waals surface area contributed by atoms with Gasteiger partial charge in [-0.3, -0.25) is 0 Å². The summed E-state index contributed by atoms with van der Waals surface area (Å²) in [5, 5.41) is 3.68. The van der Waals surface area contributed by atoms with Gasteiger partial charge in [0.25, 0.3) is 0 Å². The van der Waals surface area contributed by atoms with Crippen molar-refractivity contribution in [3.63, 3.8) is 0 Å². The third-order valence-electron chi connectivity index (χ3n) is 2.70. The van der Waals surface area contributed by atoms with Crippen molar-refractivity contribution in [2.45, 2.75) is 59.0 Å². The van der Waals surface area contributed by atoms with Crippen molar-refractivity contribution in [2.24, 2.45) is 5.92 Å². The van der Waals surface area contributed by atoms with Crippen LogP contribution in [0.1, 0.15) is 47.0 Å². The molecular weight excluding hydrogens is 174 g/mol. The molecule has 0 fully saturated rings. The van der Waals surface area contributed by atoms with E-state index in [1.807, 2.05) is 0 Å². The Morgan fingerprint density at radius 2 is 1.86 bits per heavy atom. The first-order chi connectivity index (χ1) is 6.65. The van der Waals surface area contributed by atoms with Crippen LogP contribution in [0.4, 0.5) is 0 Å². The molecule has 2 atom stereocenters. The molecule has 0 radical (unpaired) electrons. The Bertz CT molecular complexity index is 119. The van der Waals surface area contributed by atoms with Crippen molar-refractivity contribution in [3.05, 3.63) is 0 Å². The third-order valence-corrected chi connectivity index (χ3v) is 2.70. The minimum Gasteiger partial charge on any atom is -0.383 e. The molecule has 0 spiro atoms. The van der Waals surface area contributed by atoms with Gasteiger partial charge in [0.15, 0.2) is 0 Å². The second-order valence-electron chi connectivity index (χ2n) is 4.37. The van der Waals surface area contributed by atoms with Gasteiger partial charge < -0.3 is 10.1 Å². The SMILES string of the molecule is CCCC(COC)NC(CC)C(C)C. The van der Waals surface area contributed by atoms with E-state index >= 15 is 0 Å². The summed E-state index contributed by atoms with van der Waals surface area (Å²) in [6.07, 6.45) is 3.62. The molecule has 1 N–H and O–H groups in total. The molecular formula is C12H27NO. The Labute approximate surface area is 89.4 Å². The summed E-state index contributed by atoms with van der Waals surface area (Å²) in [7, 11) is 1.78. The van der Waals surface area contributed by atoms with Gasteiger partial charge in [0.05, 0.1) is 6.61 Å². The summed E-state index contributed by atoms with van der Waals surface area (Å²) < 4.78 is 5.22. The predicted molar refractivity (Wildman–Crippen MR) is 62.6 cm³/mol. The lowest BCUT2D eigenvalue weighted by Crippen LogP contribution is -2.43. The third kappa shape index (κ3) is 5.61. The van der Waals surface area contributed by atoms with Crippen LogP contribution < -0.4 is 5.32 Å². The average Bonchev–Trinajstić information content (AvgIpc) is 2.14. The first kappa shape index (κ1) is 13.9. The lowest BCUT2D eigenvalue weighted by atomic mass is 10.00. The molecule has 0 aliphatic rings. The maximum Gasteiger partial charge on any atom is 0.0615 e. The molecule has 2 nitrogen and oxygen atoms in total. The minimum atomic E-state index is 0.525. The van der Waals surface area contributed by atoms with Gasteiger partial charge >= 0.3 is 0 Å². The van der Waals surface area contributed by atoms with E-state index in [0.717, 1.165) is 6.61 Å². The van der Waals surface area contributed by atoms with Crippen molar-refractivity contribution in [1.29, 1.82) is 0 Å². The van der Waals surface area contributed by atoms with Crippen LogP contribution >= 0.6 is 0 Å². The van der Waals surface area contributed by atoms with Crippen LogP contribution in [0, 0.1) is 5.92 Å². The van der Waals surface area contributed by atoms with E-state index in [-0.39, 0.29) is 0 Å². The number of hydrogen-bond donors (Lipinski definition) is 1. The van der Waals surface area contributed by atoms with Crippen LogP contribution in [0.2, 0.25) is 0 Å². The summed E-state index contributed by atoms with van der Waals surface area (Å²) in [6, 6.07) is 1.15. The molecule has 0 saturated heterocycles. The van der Waals surface area contributed by atoms with Crippen molar-refractivity contribution >= 4 is 0 Å². The minimum absolute atomic E-state index is 0.525. The normalized spacial score (nSPS) is 15.9. The second-order valence-corrected chi connectivity index (χ2v) is 4.37. The first-order valence-corrected chi connectivity index (χ1v) is 5.90. The average molecular weight is 201 g/mol. The van der Waals surface area contributed by atoms with Gasteiger partial charge in [0.2, 0.25) is 0 Å². The van der Waals surface area contributed by atoms with E-state index in [9.17, 15) is 0 Å². The number of methoxy groups -OCH3 is 1. The lowest BCUT2D eigenvalue weighted by molar-refractivity contribution is 0.150. The highest BCUT2D eigenvalue weighted by molar-refractivity contribution is 4.75. The quantitative estimate of drug-likeness (QED) is 0.652. The molecule has 0 amide bonds. The van der Waals surface area contributed by atoms with E-state index in [1.165, 1.54) is 19.3 Å². The zero-order chi connectivity index (χ0) is 11.0. The molecule has 0 rings (SSSR count). The topological polar surface area (TPSA) is 21.3 Å². The largest absolute Gasteiger partial charge is 0.383 e. The highest BCUT2D eigenvalue weighted by Crippen LogP contribution is 2.08. The predicted octanol–water partition coefficient (Wildman–Crippen LogP) is 2.83. The second kappa shape index (κ2) is 8.25. The fraction of sp³-hybridized carbons (Fsp3) is 1.00. The van der Waals surface area contributed by atoms with E-state index in [1.54, 1.807) is 7.11 Å². The fourth-order valence-corrected chi connectivity index (χ4v) is 1.85. The monoisotopic (exact) mass is 201 g/mol. The van der Waals surface area contributed by atoms with Gasteiger partial charge in [-0.2, -0.15) is 0 Å². The van der Waals surface area contributed by atoms with Crippen molar-refractivity contribution in [1.82, 2.24) is 5.32 Å². The molecule has 0 aliphatic heterocycles. The van der Waals surface area contributed by atoms with E-state index in [0.29, 0.717) is 18.0 Å². The van der Waals surface area contributed by atoms with Gasteiger partial charge in [-0.25, -0.2) is 0 Å². The van der Waals surface area contributed by atoms with Crippen molar-refractivity contribution in [2.75, 3.05) is 13.7 Å². The highest BCUT2D eigenvalue weighted by atomic mass is 16.5. The zero-order valence-electron chi connectivity index (χ0n) is 10.5. The Kier molecular flexibility index (Phi) is 8.20. The molecule has 2 unspecified atom stereocenters. The summed E-state index contributed by atoms with van der Waals surface area (Å²) >= 11 is 0. The van der Waals surface area contributed by atoms with E-state index in [4.69, 9.17) is 4.74 Å². The van der Waals surface area contributed by atoms with Crippen LogP contribution in [0.3, 0.4) is 0 Å². The zero-order valence-corrected chi connectivity index (χ0v) is 10.5. The van der Waals surface area contributed by atoms with Gasteiger partial charge in [-0.1, -0.05) is 34.1 Å². The Morgan fingerprint density at radius 1 is 1.21 bits per heavy atom. The summed E-state index contributed by atoms with van der Waals surface area (Å²) in [6.45, 7) is 9.85. The summed E-state index contributed by atoms with van der Waals surface area (Å²) in [4.78, 5) is 0. The van der Waals surface area contributed by atoms with Crippen LogP contribution in [0.15, 0.2) is 0 Å². The van der Waals surface area contributed by atoms with Crippen LogP contribution in [0.25, 0.3) is 0 Å². The van der Waals surface area contributed by atoms with Crippen LogP contribution in [-0.2, 0) is 4.74 Å². The van der Waals surface area contributed by atoms with E-state index < -0.39 is 0 Å². The lowest BCUT2D eigenvalue weighted by Gasteiger charge is -2.27. The Morgan fingerprint density at radius 3 is 2.21 bits per heavy atom. The summed E-state index contributed by atoms with van der Waals surface area (Å²) in [5.74, 6) is 0.705. The molecule has 14 heavy (non-hydrogen) atoms. The maximum absolute atomic E-state index is 5.22. The van der Waals surface area contributed by atoms with Crippen molar-refractivity contribution in [3.8, 4) is 0 Å².